The van der Waals surface area contributed by atoms with Crippen molar-refractivity contribution in [1.82, 2.24) is 10.3 Å². The molecule has 4 rings (SSSR count). The van der Waals surface area contributed by atoms with Gasteiger partial charge < -0.3 is 19.2 Å². The summed E-state index contributed by atoms with van der Waals surface area (Å²) in [6.07, 6.45) is 3.65. The highest BCUT2D eigenvalue weighted by atomic mass is 16.5. The summed E-state index contributed by atoms with van der Waals surface area (Å²) in [7, 11) is 3.32. The third-order valence-corrected chi connectivity index (χ3v) is 4.62. The average Bonchev–Trinajstić information content (AvgIpc) is 3.18. The molecular weight excluding hydrogens is 352 g/mol. The number of aromatic nitrogens is 1. The number of benzene rings is 2. The molecular formula is C23H22N2O3. The molecule has 0 atom stereocenters. The van der Waals surface area contributed by atoms with Gasteiger partial charge in [0.25, 0.3) is 0 Å². The molecule has 0 bridgehead atoms. The maximum atomic E-state index is 6.11. The molecule has 4 aromatic rings. The number of ether oxygens (including phenoxy) is 2. The molecule has 0 aliphatic carbocycles. The van der Waals surface area contributed by atoms with Crippen molar-refractivity contribution in [2.75, 3.05) is 14.2 Å². The summed E-state index contributed by atoms with van der Waals surface area (Å²) in [5, 5.41) is 4.44. The van der Waals surface area contributed by atoms with Crippen LogP contribution in [0.2, 0.25) is 0 Å². The van der Waals surface area contributed by atoms with E-state index in [9.17, 15) is 0 Å². The SMILES string of the molecule is COc1ccccc1-c1cc2cc(CNCc3cccnc3)cc(OC)c2o1. The van der Waals surface area contributed by atoms with Gasteiger partial charge in [0.05, 0.1) is 19.8 Å². The van der Waals surface area contributed by atoms with Gasteiger partial charge in [0.2, 0.25) is 0 Å². The first-order chi connectivity index (χ1) is 13.8. The zero-order chi connectivity index (χ0) is 19.3. The quantitative estimate of drug-likeness (QED) is 0.503. The maximum Gasteiger partial charge on any atom is 0.176 e. The molecule has 0 aliphatic rings. The van der Waals surface area contributed by atoms with Gasteiger partial charge in [0, 0.05) is 30.9 Å². The number of hydrogen-bond acceptors (Lipinski definition) is 5. The number of rotatable bonds is 7. The van der Waals surface area contributed by atoms with Crippen molar-refractivity contribution in [1.29, 1.82) is 0 Å². The lowest BCUT2D eigenvalue weighted by atomic mass is 10.1. The van der Waals surface area contributed by atoms with Crippen molar-refractivity contribution < 1.29 is 13.9 Å². The molecule has 0 unspecified atom stereocenters. The fourth-order valence-electron chi connectivity index (χ4n) is 3.27. The lowest BCUT2D eigenvalue weighted by Crippen LogP contribution is -2.12. The fraction of sp³-hybridized carbons (Fsp3) is 0.174. The predicted octanol–water partition coefficient (Wildman–Crippen LogP) is 4.80. The lowest BCUT2D eigenvalue weighted by molar-refractivity contribution is 0.408. The van der Waals surface area contributed by atoms with Gasteiger partial charge in [0.15, 0.2) is 11.3 Å². The average molecular weight is 374 g/mol. The molecule has 0 radical (unpaired) electrons. The second-order valence-electron chi connectivity index (χ2n) is 6.49. The van der Waals surface area contributed by atoms with Crippen LogP contribution < -0.4 is 14.8 Å². The molecule has 1 N–H and O–H groups in total. The van der Waals surface area contributed by atoms with Crippen LogP contribution in [0, 0.1) is 0 Å². The summed E-state index contributed by atoms with van der Waals surface area (Å²) in [4.78, 5) is 4.14. The molecule has 0 spiro atoms. The number of pyridine rings is 1. The largest absolute Gasteiger partial charge is 0.496 e. The zero-order valence-corrected chi connectivity index (χ0v) is 15.9. The van der Waals surface area contributed by atoms with Crippen molar-refractivity contribution in [3.05, 3.63) is 78.1 Å². The van der Waals surface area contributed by atoms with Gasteiger partial charge in [-0.05, 0) is 47.5 Å². The first kappa shape index (κ1) is 18.1. The Morgan fingerprint density at radius 1 is 0.893 bits per heavy atom. The molecule has 142 valence electrons. The number of furan rings is 1. The van der Waals surface area contributed by atoms with Crippen molar-refractivity contribution in [2.45, 2.75) is 13.1 Å². The van der Waals surface area contributed by atoms with Crippen LogP contribution in [-0.2, 0) is 13.1 Å². The molecule has 5 nitrogen and oxygen atoms in total. The summed E-state index contributed by atoms with van der Waals surface area (Å²) in [5.74, 6) is 2.25. The Morgan fingerprint density at radius 2 is 1.71 bits per heavy atom. The Bertz CT molecular complexity index is 1070. The summed E-state index contributed by atoms with van der Waals surface area (Å²) >= 11 is 0. The molecule has 0 amide bonds. The van der Waals surface area contributed by atoms with Crippen LogP contribution in [0.25, 0.3) is 22.3 Å². The molecule has 5 heteroatoms. The van der Waals surface area contributed by atoms with Crippen LogP contribution in [0.1, 0.15) is 11.1 Å². The normalized spacial score (nSPS) is 10.9. The van der Waals surface area contributed by atoms with E-state index in [4.69, 9.17) is 13.9 Å². The molecule has 2 aromatic heterocycles. The highest BCUT2D eigenvalue weighted by Crippen LogP contribution is 2.37. The van der Waals surface area contributed by atoms with Crippen molar-refractivity contribution >= 4 is 11.0 Å². The van der Waals surface area contributed by atoms with E-state index in [1.54, 1.807) is 20.4 Å². The molecule has 0 fully saturated rings. The lowest BCUT2D eigenvalue weighted by Gasteiger charge is -2.07. The Hall–Kier alpha value is -3.31. The van der Waals surface area contributed by atoms with Gasteiger partial charge in [-0.1, -0.05) is 18.2 Å². The van der Waals surface area contributed by atoms with Crippen molar-refractivity contribution in [3.8, 4) is 22.8 Å². The predicted molar refractivity (Wildman–Crippen MR) is 110 cm³/mol. The molecule has 28 heavy (non-hydrogen) atoms. The number of nitrogens with zero attached hydrogens (tertiary/aromatic N) is 1. The van der Waals surface area contributed by atoms with E-state index in [1.807, 2.05) is 48.7 Å². The monoisotopic (exact) mass is 374 g/mol. The van der Waals surface area contributed by atoms with E-state index in [1.165, 1.54) is 0 Å². The van der Waals surface area contributed by atoms with Crippen LogP contribution in [0.4, 0.5) is 0 Å². The first-order valence-electron chi connectivity index (χ1n) is 9.12. The minimum absolute atomic E-state index is 0.719. The van der Waals surface area contributed by atoms with Crippen LogP contribution in [0.15, 0.2) is 71.4 Å². The van der Waals surface area contributed by atoms with Gasteiger partial charge in [-0.25, -0.2) is 0 Å². The third kappa shape index (κ3) is 3.70. The highest BCUT2D eigenvalue weighted by molar-refractivity contribution is 5.89. The fourth-order valence-corrected chi connectivity index (χ4v) is 3.27. The van der Waals surface area contributed by atoms with Gasteiger partial charge in [-0.3, -0.25) is 4.98 Å². The van der Waals surface area contributed by atoms with Gasteiger partial charge >= 0.3 is 0 Å². The maximum absolute atomic E-state index is 6.11. The summed E-state index contributed by atoms with van der Waals surface area (Å²) in [6.45, 7) is 1.47. The van der Waals surface area contributed by atoms with Crippen LogP contribution in [0.3, 0.4) is 0 Å². The third-order valence-electron chi connectivity index (χ3n) is 4.62. The summed E-state index contributed by atoms with van der Waals surface area (Å²) in [6, 6.07) is 18.0. The standard InChI is InChI=1S/C23H22N2O3/c1-26-20-8-4-3-7-19(20)21-12-18-10-17(11-22(27-2)23(18)28-21)15-25-14-16-6-5-9-24-13-16/h3-13,25H,14-15H2,1-2H3. The van der Waals surface area contributed by atoms with E-state index in [2.05, 4.69) is 22.4 Å². The molecule has 0 aliphatic heterocycles. The van der Waals surface area contributed by atoms with E-state index in [0.717, 1.165) is 58.0 Å². The first-order valence-corrected chi connectivity index (χ1v) is 9.12. The minimum atomic E-state index is 0.719. The summed E-state index contributed by atoms with van der Waals surface area (Å²) < 4.78 is 17.2. The number of methoxy groups -OCH3 is 2. The minimum Gasteiger partial charge on any atom is -0.496 e. The van der Waals surface area contributed by atoms with Gasteiger partial charge in [-0.15, -0.1) is 0 Å². The van der Waals surface area contributed by atoms with Crippen molar-refractivity contribution in [3.63, 3.8) is 0 Å². The number of hydrogen-bond donors (Lipinski definition) is 1. The molecule has 0 saturated heterocycles. The van der Waals surface area contributed by atoms with E-state index in [0.29, 0.717) is 0 Å². The Morgan fingerprint density at radius 3 is 2.50 bits per heavy atom. The van der Waals surface area contributed by atoms with Crippen LogP contribution in [0.5, 0.6) is 11.5 Å². The van der Waals surface area contributed by atoms with E-state index in [-0.39, 0.29) is 0 Å². The van der Waals surface area contributed by atoms with Gasteiger partial charge in [-0.2, -0.15) is 0 Å². The van der Waals surface area contributed by atoms with E-state index < -0.39 is 0 Å². The van der Waals surface area contributed by atoms with Crippen LogP contribution in [-0.4, -0.2) is 19.2 Å². The topological polar surface area (TPSA) is 56.5 Å². The van der Waals surface area contributed by atoms with Crippen LogP contribution >= 0.6 is 0 Å². The highest BCUT2D eigenvalue weighted by Gasteiger charge is 2.15. The van der Waals surface area contributed by atoms with Crippen molar-refractivity contribution in [2.24, 2.45) is 0 Å². The second kappa shape index (κ2) is 8.15. The molecule has 2 heterocycles. The number of para-hydroxylation sites is 1. The second-order valence-corrected chi connectivity index (χ2v) is 6.49. The van der Waals surface area contributed by atoms with Gasteiger partial charge in [0.1, 0.15) is 11.5 Å². The molecule has 0 saturated carbocycles. The number of fused-ring (bicyclic) bond motifs is 1. The Labute approximate surface area is 163 Å². The zero-order valence-electron chi connectivity index (χ0n) is 15.9. The number of nitrogens with one attached hydrogen (secondary N) is 1. The smallest absolute Gasteiger partial charge is 0.176 e. The summed E-state index contributed by atoms with van der Waals surface area (Å²) in [5.41, 5.74) is 3.93. The molecule has 2 aromatic carbocycles. The van der Waals surface area contributed by atoms with E-state index >= 15 is 0 Å². The Balaban J connectivity index is 1.61. The Kier molecular flexibility index (Phi) is 5.26.